The topological polar surface area (TPSA) is 80.0 Å². The Morgan fingerprint density at radius 1 is 1.32 bits per heavy atom. The molecule has 5 nitrogen and oxygen atoms in total. The largest absolute Gasteiger partial charge is 0.349 e. The number of hydrogen-bond donors (Lipinski definition) is 3. The molecule has 25 heavy (non-hydrogen) atoms. The second-order valence-corrected chi connectivity index (χ2v) is 7.72. The Kier molecular flexibility index (Phi) is 5.83. The minimum Gasteiger partial charge on any atom is -0.349 e. The van der Waals surface area contributed by atoms with E-state index in [1.165, 1.54) is 29.7 Å². The second-order valence-electron chi connectivity index (χ2n) is 6.78. The van der Waals surface area contributed by atoms with Crippen LogP contribution in [0.5, 0.6) is 0 Å². The van der Waals surface area contributed by atoms with E-state index in [4.69, 9.17) is 5.73 Å². The minimum absolute atomic E-state index is 0.0440. The van der Waals surface area contributed by atoms with E-state index in [1.807, 2.05) is 6.07 Å². The number of benzene rings is 1. The molecular formula is C19H26N4OS. The van der Waals surface area contributed by atoms with Gasteiger partial charge in [-0.05, 0) is 25.3 Å². The molecule has 1 amide bonds. The molecule has 134 valence electrons. The Hall–Kier alpha value is -1.76. The maximum atomic E-state index is 12.4. The highest BCUT2D eigenvalue weighted by atomic mass is 32.1. The standard InChI is InChI=1S/C19H26N4OS/c1-14(15-7-3-2-4-8-15)23-19(9-5-6-10-19)13-21-18(24)16-12-25-17(11-20)22-16/h2-4,7-8,12,14,23H,5-6,9-11,13,20H2,1H3,(H,21,24). The molecule has 3 rings (SSSR count). The SMILES string of the molecule is CC(NC1(CNC(=O)c2csc(CN)n2)CCCC1)c1ccccc1. The van der Waals surface area contributed by atoms with E-state index in [-0.39, 0.29) is 17.5 Å². The van der Waals surface area contributed by atoms with Crippen molar-refractivity contribution >= 4 is 17.2 Å². The molecule has 1 saturated carbocycles. The first-order valence-electron chi connectivity index (χ1n) is 8.87. The molecule has 2 aromatic rings. The molecule has 1 aliphatic carbocycles. The zero-order valence-corrected chi connectivity index (χ0v) is 15.4. The van der Waals surface area contributed by atoms with Gasteiger partial charge in [0.1, 0.15) is 10.7 Å². The molecule has 1 aromatic carbocycles. The second kappa shape index (κ2) is 8.08. The molecule has 6 heteroatoms. The van der Waals surface area contributed by atoms with Crippen LogP contribution < -0.4 is 16.4 Å². The van der Waals surface area contributed by atoms with Crippen molar-refractivity contribution < 1.29 is 4.79 Å². The summed E-state index contributed by atoms with van der Waals surface area (Å²) in [6.45, 7) is 3.18. The minimum atomic E-state index is -0.114. The van der Waals surface area contributed by atoms with Crippen LogP contribution in [0, 0.1) is 0 Å². The van der Waals surface area contributed by atoms with Crippen LogP contribution in [0.15, 0.2) is 35.7 Å². The van der Waals surface area contributed by atoms with Gasteiger partial charge in [-0.3, -0.25) is 4.79 Å². The molecular weight excluding hydrogens is 332 g/mol. The molecule has 1 unspecified atom stereocenters. The maximum absolute atomic E-state index is 12.4. The van der Waals surface area contributed by atoms with E-state index in [9.17, 15) is 4.79 Å². The quantitative estimate of drug-likeness (QED) is 0.711. The maximum Gasteiger partial charge on any atom is 0.270 e. The molecule has 1 heterocycles. The van der Waals surface area contributed by atoms with Gasteiger partial charge in [-0.25, -0.2) is 4.98 Å². The fourth-order valence-electron chi connectivity index (χ4n) is 3.56. The first-order chi connectivity index (χ1) is 12.1. The van der Waals surface area contributed by atoms with Gasteiger partial charge in [0.15, 0.2) is 0 Å². The van der Waals surface area contributed by atoms with Crippen molar-refractivity contribution in [2.45, 2.75) is 50.7 Å². The zero-order chi connectivity index (χ0) is 17.7. The number of amides is 1. The summed E-state index contributed by atoms with van der Waals surface area (Å²) >= 11 is 1.43. The average Bonchev–Trinajstić information content (AvgIpc) is 3.30. The van der Waals surface area contributed by atoms with E-state index >= 15 is 0 Å². The van der Waals surface area contributed by atoms with Crippen LogP contribution in [0.2, 0.25) is 0 Å². The van der Waals surface area contributed by atoms with Crippen LogP contribution >= 0.6 is 11.3 Å². The molecule has 1 atom stereocenters. The van der Waals surface area contributed by atoms with Crippen LogP contribution in [0.4, 0.5) is 0 Å². The van der Waals surface area contributed by atoms with Crippen molar-refractivity contribution in [2.24, 2.45) is 5.73 Å². The lowest BCUT2D eigenvalue weighted by Gasteiger charge is -2.34. The van der Waals surface area contributed by atoms with E-state index in [1.54, 1.807) is 5.38 Å². The number of nitrogens with one attached hydrogen (secondary N) is 2. The number of carbonyl (C=O) groups is 1. The highest BCUT2D eigenvalue weighted by molar-refractivity contribution is 7.09. The van der Waals surface area contributed by atoms with Gasteiger partial charge in [0.05, 0.1) is 0 Å². The van der Waals surface area contributed by atoms with Gasteiger partial charge in [-0.1, -0.05) is 43.2 Å². The fraction of sp³-hybridized carbons (Fsp3) is 0.474. The van der Waals surface area contributed by atoms with Crippen LogP contribution in [-0.4, -0.2) is 23.0 Å². The number of nitrogens with zero attached hydrogens (tertiary/aromatic N) is 1. The van der Waals surface area contributed by atoms with Gasteiger partial charge in [0.25, 0.3) is 5.91 Å². The smallest absolute Gasteiger partial charge is 0.270 e. The Morgan fingerprint density at radius 2 is 2.04 bits per heavy atom. The molecule has 0 spiro atoms. The first-order valence-corrected chi connectivity index (χ1v) is 9.75. The van der Waals surface area contributed by atoms with Crippen LogP contribution in [0.1, 0.15) is 59.7 Å². The number of aromatic nitrogens is 1. The summed E-state index contributed by atoms with van der Waals surface area (Å²) < 4.78 is 0. The summed E-state index contributed by atoms with van der Waals surface area (Å²) in [5.41, 5.74) is 7.27. The van der Waals surface area contributed by atoms with Crippen molar-refractivity contribution in [3.05, 3.63) is 52.0 Å². The van der Waals surface area contributed by atoms with E-state index < -0.39 is 0 Å². The Labute approximate surface area is 153 Å². The van der Waals surface area contributed by atoms with Crippen molar-refractivity contribution in [1.82, 2.24) is 15.6 Å². The third-order valence-electron chi connectivity index (χ3n) is 4.93. The molecule has 1 fully saturated rings. The van der Waals surface area contributed by atoms with Crippen LogP contribution in [0.25, 0.3) is 0 Å². The monoisotopic (exact) mass is 358 g/mol. The number of thiazole rings is 1. The van der Waals surface area contributed by atoms with E-state index in [2.05, 4.69) is 46.8 Å². The van der Waals surface area contributed by atoms with Gasteiger partial charge in [-0.15, -0.1) is 11.3 Å². The Morgan fingerprint density at radius 3 is 2.68 bits per heavy atom. The molecule has 0 radical (unpaired) electrons. The van der Waals surface area contributed by atoms with Gasteiger partial charge >= 0.3 is 0 Å². The predicted molar refractivity (Wildman–Crippen MR) is 102 cm³/mol. The van der Waals surface area contributed by atoms with Crippen LogP contribution in [-0.2, 0) is 6.54 Å². The normalized spacial score (nSPS) is 17.4. The predicted octanol–water partition coefficient (Wildman–Crippen LogP) is 3.00. The average molecular weight is 359 g/mol. The molecule has 1 aromatic heterocycles. The summed E-state index contributed by atoms with van der Waals surface area (Å²) in [6.07, 6.45) is 4.54. The van der Waals surface area contributed by atoms with Crippen molar-refractivity contribution in [3.8, 4) is 0 Å². The number of hydrogen-bond acceptors (Lipinski definition) is 5. The molecule has 0 aliphatic heterocycles. The Balaban J connectivity index is 1.63. The lowest BCUT2D eigenvalue weighted by atomic mass is 9.94. The number of rotatable bonds is 7. The van der Waals surface area contributed by atoms with Gasteiger partial charge in [0.2, 0.25) is 0 Å². The van der Waals surface area contributed by atoms with Crippen molar-refractivity contribution in [3.63, 3.8) is 0 Å². The zero-order valence-electron chi connectivity index (χ0n) is 14.6. The summed E-state index contributed by atoms with van der Waals surface area (Å²) in [4.78, 5) is 16.7. The first kappa shape index (κ1) is 18.0. The fourth-order valence-corrected chi connectivity index (χ4v) is 4.21. The summed E-state index contributed by atoms with van der Waals surface area (Å²) in [5.74, 6) is -0.114. The summed E-state index contributed by atoms with van der Waals surface area (Å²) in [6, 6.07) is 10.7. The van der Waals surface area contributed by atoms with Gasteiger partial charge in [0, 0.05) is 30.1 Å². The lowest BCUT2D eigenvalue weighted by Crippen LogP contribution is -2.52. The third-order valence-corrected chi connectivity index (χ3v) is 5.80. The summed E-state index contributed by atoms with van der Waals surface area (Å²) in [5, 5.41) is 9.42. The highest BCUT2D eigenvalue weighted by Gasteiger charge is 2.35. The van der Waals surface area contributed by atoms with Gasteiger partial charge < -0.3 is 16.4 Å². The lowest BCUT2D eigenvalue weighted by molar-refractivity contribution is 0.0932. The Bertz CT molecular complexity index is 694. The molecule has 0 saturated heterocycles. The number of carbonyl (C=O) groups excluding carboxylic acids is 1. The molecule has 4 N–H and O–H groups in total. The third kappa shape index (κ3) is 4.45. The van der Waals surface area contributed by atoms with Crippen LogP contribution in [0.3, 0.4) is 0 Å². The molecule has 1 aliphatic rings. The van der Waals surface area contributed by atoms with Gasteiger partial charge in [-0.2, -0.15) is 0 Å². The van der Waals surface area contributed by atoms with Crippen molar-refractivity contribution in [1.29, 1.82) is 0 Å². The number of nitrogens with two attached hydrogens (primary N) is 1. The summed E-state index contributed by atoms with van der Waals surface area (Å²) in [7, 11) is 0. The van der Waals surface area contributed by atoms with E-state index in [0.29, 0.717) is 18.8 Å². The highest BCUT2D eigenvalue weighted by Crippen LogP contribution is 2.32. The molecule has 0 bridgehead atoms. The van der Waals surface area contributed by atoms with Crippen molar-refractivity contribution in [2.75, 3.05) is 6.54 Å². The van der Waals surface area contributed by atoms with E-state index in [0.717, 1.165) is 17.8 Å².